The summed E-state index contributed by atoms with van der Waals surface area (Å²) >= 11 is 1.76. The summed E-state index contributed by atoms with van der Waals surface area (Å²) < 4.78 is 29.8. The number of benzene rings is 4. The van der Waals surface area contributed by atoms with Gasteiger partial charge < -0.3 is 20.4 Å². The number of fused-ring (bicyclic) bond motifs is 1. The topological polar surface area (TPSA) is 201 Å². The van der Waals surface area contributed by atoms with Crippen molar-refractivity contribution in [3.63, 3.8) is 0 Å². The quantitative estimate of drug-likeness (QED) is 0.0237. The molecule has 6 fully saturated rings. The summed E-state index contributed by atoms with van der Waals surface area (Å²) in [6, 6.07) is 26.5. The first-order valence-electron chi connectivity index (χ1n) is 30.7. The molecule has 4 aliphatic heterocycles. The lowest BCUT2D eigenvalue weighted by Gasteiger charge is -2.72. The van der Waals surface area contributed by atoms with Crippen LogP contribution in [0.4, 0.5) is 17.1 Å². The number of carbonyl (C=O) groups excluding carboxylic acids is 6. The number of piperidine rings is 1. The van der Waals surface area contributed by atoms with E-state index < -0.39 is 45.6 Å². The van der Waals surface area contributed by atoms with Gasteiger partial charge in [0.25, 0.3) is 27.7 Å². The van der Waals surface area contributed by atoms with Gasteiger partial charge in [0, 0.05) is 124 Å². The Balaban J connectivity index is 0.608. The van der Waals surface area contributed by atoms with Crippen LogP contribution in [0, 0.1) is 23.2 Å². The molecule has 4 heterocycles. The van der Waals surface area contributed by atoms with Crippen LogP contribution < -0.4 is 25.6 Å². The fraction of sp³-hybridized carbons (Fsp3) is 0.515. The van der Waals surface area contributed by atoms with Crippen LogP contribution in [-0.2, 0) is 24.4 Å². The molecule has 4 aromatic rings. The first kappa shape index (κ1) is 60.2. The largest absolute Gasteiger partial charge is 0.385 e. The SMILES string of the molecule is Cc1cc(S(=O)(=O)NC(=O)c2ccc(N3CCN(CC4=C(C56CC(C)(C5)C6)CC(C)(C)CC4)CC3)cc2)ccc1N[C@H](CCN1CCN(C(=O)CCCCCNc2ccc3c(c2)C(=O)N(C2CCC(=O)NC2=O)C3=O)CC1)CSc1ccccc1. The Morgan fingerprint density at radius 2 is 1.49 bits per heavy atom. The number of allylic oxidation sites excluding steroid dienone is 1. The zero-order valence-electron chi connectivity index (χ0n) is 49.8. The molecule has 4 aliphatic carbocycles. The van der Waals surface area contributed by atoms with Crippen LogP contribution in [0.15, 0.2) is 112 Å². The highest BCUT2D eigenvalue weighted by atomic mass is 32.2. The van der Waals surface area contributed by atoms with Crippen LogP contribution in [0.5, 0.6) is 0 Å². The van der Waals surface area contributed by atoms with E-state index >= 15 is 0 Å². The summed E-state index contributed by atoms with van der Waals surface area (Å²) in [6.45, 7) is 18.4. The van der Waals surface area contributed by atoms with Crippen molar-refractivity contribution in [3.05, 3.63) is 124 Å². The van der Waals surface area contributed by atoms with Gasteiger partial charge in [-0.15, -0.1) is 11.8 Å². The smallest absolute Gasteiger partial charge is 0.264 e. The van der Waals surface area contributed by atoms with Gasteiger partial charge in [0.05, 0.1) is 16.0 Å². The van der Waals surface area contributed by atoms with Gasteiger partial charge in [-0.1, -0.05) is 56.5 Å². The van der Waals surface area contributed by atoms with Crippen LogP contribution in [0.2, 0.25) is 0 Å². The minimum atomic E-state index is -4.17. The lowest BCUT2D eigenvalue weighted by Crippen LogP contribution is -2.61. The number of hydrogen-bond donors (Lipinski definition) is 4. The van der Waals surface area contributed by atoms with Crippen molar-refractivity contribution in [2.75, 3.05) is 93.3 Å². The van der Waals surface area contributed by atoms with Crippen molar-refractivity contribution >= 4 is 74.3 Å². The molecule has 3 saturated heterocycles. The first-order chi connectivity index (χ1) is 40.7. The third-order valence-corrected chi connectivity index (χ3v) is 21.6. The number of carbonyl (C=O) groups is 6. The molecule has 85 heavy (non-hydrogen) atoms. The van der Waals surface area contributed by atoms with Crippen molar-refractivity contribution in [2.45, 2.75) is 133 Å². The van der Waals surface area contributed by atoms with Crippen molar-refractivity contribution < 1.29 is 37.2 Å². The van der Waals surface area contributed by atoms with E-state index in [0.29, 0.717) is 48.0 Å². The average molecular weight is 1190 g/mol. The van der Waals surface area contributed by atoms with Gasteiger partial charge in [-0.3, -0.25) is 48.8 Å². The summed E-state index contributed by atoms with van der Waals surface area (Å²) in [6.07, 6.45) is 11.7. The highest BCUT2D eigenvalue weighted by molar-refractivity contribution is 7.99. The number of thioether (sulfide) groups is 1. The molecule has 3 saturated carbocycles. The Bertz CT molecular complexity index is 3330. The van der Waals surface area contributed by atoms with Crippen molar-refractivity contribution in [2.24, 2.45) is 16.2 Å². The Hall–Kier alpha value is -6.54. The van der Waals surface area contributed by atoms with Crippen molar-refractivity contribution in [1.29, 1.82) is 0 Å². The molecule has 6 amide bonds. The highest BCUT2D eigenvalue weighted by Gasteiger charge is 2.67. The molecule has 4 aromatic carbocycles. The number of unbranched alkanes of at least 4 members (excludes halogenated alkanes) is 2. The molecule has 17 nitrogen and oxygen atoms in total. The maximum absolute atomic E-state index is 13.7. The minimum Gasteiger partial charge on any atom is -0.385 e. The summed E-state index contributed by atoms with van der Waals surface area (Å²) in [7, 11) is -4.17. The van der Waals surface area contributed by atoms with E-state index in [0.717, 1.165) is 111 Å². The van der Waals surface area contributed by atoms with E-state index in [-0.39, 0.29) is 46.4 Å². The zero-order valence-corrected chi connectivity index (χ0v) is 51.4. The summed E-state index contributed by atoms with van der Waals surface area (Å²) in [4.78, 5) is 88.6. The van der Waals surface area contributed by atoms with Gasteiger partial charge in [-0.2, -0.15) is 0 Å². The molecule has 4 N–H and O–H groups in total. The van der Waals surface area contributed by atoms with Crippen LogP contribution >= 0.6 is 11.8 Å². The lowest BCUT2D eigenvalue weighted by atomic mass is 9.33. The maximum atomic E-state index is 13.7. The summed E-state index contributed by atoms with van der Waals surface area (Å²) in [5.41, 5.74) is 9.04. The normalized spacial score (nSPS) is 23.7. The molecule has 0 spiro atoms. The van der Waals surface area contributed by atoms with Crippen LogP contribution in [0.1, 0.15) is 141 Å². The number of aryl methyl sites for hydroxylation is 1. The Morgan fingerprint density at radius 3 is 2.20 bits per heavy atom. The number of nitrogens with one attached hydrogen (secondary N) is 4. The monoisotopic (exact) mass is 1190 g/mol. The molecular weight excluding hydrogens is 1110 g/mol. The van der Waals surface area contributed by atoms with Crippen LogP contribution in [0.3, 0.4) is 0 Å². The first-order valence-corrected chi connectivity index (χ1v) is 33.2. The Kier molecular flexibility index (Phi) is 17.7. The van der Waals surface area contributed by atoms with Gasteiger partial charge >= 0.3 is 0 Å². The highest BCUT2D eigenvalue weighted by Crippen LogP contribution is 2.77. The number of rotatable bonds is 23. The fourth-order valence-corrected chi connectivity index (χ4v) is 16.4. The Labute approximate surface area is 505 Å². The molecule has 8 aliphatic rings. The number of imide groups is 2. The summed E-state index contributed by atoms with van der Waals surface area (Å²) in [5.74, 6) is -1.88. The predicted molar refractivity (Wildman–Crippen MR) is 332 cm³/mol. The molecule has 0 aromatic heterocycles. The number of piperazine rings is 2. The molecule has 12 rings (SSSR count). The number of nitrogens with zero attached hydrogens (tertiary/aromatic N) is 5. The minimum absolute atomic E-state index is 0.0195. The Morgan fingerprint density at radius 1 is 0.776 bits per heavy atom. The van der Waals surface area contributed by atoms with Crippen LogP contribution in [-0.4, -0.2) is 153 Å². The second kappa shape index (κ2) is 25.0. The molecule has 2 bridgehead atoms. The van der Waals surface area contributed by atoms with Crippen molar-refractivity contribution in [1.82, 2.24) is 29.6 Å². The maximum Gasteiger partial charge on any atom is 0.264 e. The zero-order chi connectivity index (χ0) is 59.7. The number of amides is 6. The van der Waals surface area contributed by atoms with E-state index in [1.165, 1.54) is 38.5 Å². The third kappa shape index (κ3) is 13.7. The third-order valence-electron chi connectivity index (χ3n) is 19.0. The molecule has 452 valence electrons. The second-order valence-electron chi connectivity index (χ2n) is 26.2. The van der Waals surface area contributed by atoms with Crippen LogP contribution in [0.25, 0.3) is 0 Å². The molecule has 19 heteroatoms. The predicted octanol–water partition coefficient (Wildman–Crippen LogP) is 9.11. The van der Waals surface area contributed by atoms with E-state index in [9.17, 15) is 37.2 Å². The standard InChI is InChI=1S/C66H83N9O8S2/c1-45-37-52(85(82,83)70-60(78)46-14-17-50(18-15-46)73-33-31-72(32-34-73)40-47-24-26-64(2,3)39-55(47)66-42-65(4,43-66)44-66)19-21-56(45)68-49(41-84-51-11-7-5-8-12-51)25-28-71-29-35-74(36-30-71)59(77)13-9-6-10-27-67-48-16-20-53-54(38-48)63(81)75(62(53)80)57-22-23-58(76)69-61(57)79/h5,7-8,11-12,14-21,37-38,49,57,67-68H,6,9-10,13,22-36,39-44H2,1-4H3,(H,70,78)(H,69,76,79)/t49-,57?,65?,66?/m1/s1. The summed E-state index contributed by atoms with van der Waals surface area (Å²) in [5, 5.41) is 9.25. The van der Waals surface area contributed by atoms with E-state index in [4.69, 9.17) is 0 Å². The van der Waals surface area contributed by atoms with Gasteiger partial charge in [0.1, 0.15) is 6.04 Å². The molecule has 1 unspecified atom stereocenters. The van der Waals surface area contributed by atoms with Crippen molar-refractivity contribution in [3.8, 4) is 0 Å². The van der Waals surface area contributed by atoms with Gasteiger partial charge in [-0.25, -0.2) is 13.1 Å². The second-order valence-corrected chi connectivity index (χ2v) is 29.0. The average Bonchev–Trinajstić information content (AvgIpc) is 2.62. The molecular formula is C66H83N9O8S2. The molecule has 2 atom stereocenters. The number of sulfonamides is 1. The number of anilines is 3. The molecule has 0 radical (unpaired) electrons. The van der Waals surface area contributed by atoms with E-state index in [1.807, 2.05) is 42.2 Å². The lowest BCUT2D eigenvalue weighted by molar-refractivity contribution is -0.167. The number of hydrogen-bond acceptors (Lipinski definition) is 14. The van der Waals surface area contributed by atoms with Gasteiger partial charge in [0.15, 0.2) is 0 Å². The van der Waals surface area contributed by atoms with E-state index in [2.05, 4.69) is 68.3 Å². The van der Waals surface area contributed by atoms with E-state index in [1.54, 1.807) is 71.4 Å². The fourth-order valence-electron chi connectivity index (χ4n) is 14.4. The van der Waals surface area contributed by atoms with Gasteiger partial charge in [0.2, 0.25) is 17.7 Å². The van der Waals surface area contributed by atoms with Gasteiger partial charge in [-0.05, 0) is 166 Å².